The van der Waals surface area contributed by atoms with E-state index < -0.39 is 18.0 Å². The summed E-state index contributed by atoms with van der Waals surface area (Å²) in [5.41, 5.74) is 3.00. The minimum absolute atomic E-state index is 0.213. The van der Waals surface area contributed by atoms with Gasteiger partial charge in [0, 0.05) is 23.8 Å². The van der Waals surface area contributed by atoms with Crippen LogP contribution >= 0.6 is 23.2 Å². The SMILES string of the molecule is Cc1cc(C)cc(NC(=O)N2CCNC(=O)[C@@H]2CC(=O)Nc2cc(Cl)ccc2Cl)c1. The van der Waals surface area contributed by atoms with Crippen molar-refractivity contribution in [1.29, 1.82) is 0 Å². The molecule has 0 saturated carbocycles. The monoisotopic (exact) mass is 448 g/mol. The van der Waals surface area contributed by atoms with Gasteiger partial charge in [0.25, 0.3) is 0 Å². The summed E-state index contributed by atoms with van der Waals surface area (Å²) in [6.07, 6.45) is -0.213. The molecule has 4 amide bonds. The molecule has 1 saturated heterocycles. The van der Waals surface area contributed by atoms with Crippen molar-refractivity contribution in [1.82, 2.24) is 10.2 Å². The molecule has 0 bridgehead atoms. The highest BCUT2D eigenvalue weighted by atomic mass is 35.5. The smallest absolute Gasteiger partial charge is 0.322 e. The van der Waals surface area contributed by atoms with Crippen molar-refractivity contribution < 1.29 is 14.4 Å². The van der Waals surface area contributed by atoms with Crippen LogP contribution in [0.25, 0.3) is 0 Å². The van der Waals surface area contributed by atoms with Gasteiger partial charge in [0.15, 0.2) is 0 Å². The van der Waals surface area contributed by atoms with Crippen LogP contribution in [0.1, 0.15) is 17.5 Å². The Morgan fingerprint density at radius 3 is 2.50 bits per heavy atom. The van der Waals surface area contributed by atoms with Crippen molar-refractivity contribution in [3.63, 3.8) is 0 Å². The summed E-state index contributed by atoms with van der Waals surface area (Å²) in [6, 6.07) is 9.00. The van der Waals surface area contributed by atoms with Crippen LogP contribution in [-0.4, -0.2) is 41.9 Å². The van der Waals surface area contributed by atoms with Crippen molar-refractivity contribution in [2.24, 2.45) is 0 Å². The van der Waals surface area contributed by atoms with Crippen molar-refractivity contribution >= 4 is 52.4 Å². The highest BCUT2D eigenvalue weighted by molar-refractivity contribution is 6.35. The summed E-state index contributed by atoms with van der Waals surface area (Å²) in [5, 5.41) is 8.91. The van der Waals surface area contributed by atoms with Crippen molar-refractivity contribution in [2.45, 2.75) is 26.3 Å². The molecule has 1 atom stereocenters. The molecule has 0 aliphatic carbocycles. The second kappa shape index (κ2) is 9.36. The van der Waals surface area contributed by atoms with Gasteiger partial charge in [-0.15, -0.1) is 0 Å². The van der Waals surface area contributed by atoms with E-state index >= 15 is 0 Å². The minimum Gasteiger partial charge on any atom is -0.353 e. The third kappa shape index (κ3) is 5.43. The molecule has 2 aromatic rings. The molecular formula is C21H22Cl2N4O3. The molecule has 0 unspecified atom stereocenters. The van der Waals surface area contributed by atoms with Gasteiger partial charge in [-0.25, -0.2) is 4.79 Å². The minimum atomic E-state index is -0.942. The topological polar surface area (TPSA) is 90.5 Å². The molecule has 3 N–H and O–H groups in total. The number of rotatable bonds is 4. The first-order chi connectivity index (χ1) is 14.2. The van der Waals surface area contributed by atoms with E-state index in [1.807, 2.05) is 32.0 Å². The number of carbonyl (C=O) groups is 3. The first kappa shape index (κ1) is 21.9. The molecule has 0 radical (unpaired) electrons. The van der Waals surface area contributed by atoms with E-state index in [-0.39, 0.29) is 18.9 Å². The van der Waals surface area contributed by atoms with E-state index in [2.05, 4.69) is 16.0 Å². The molecule has 1 heterocycles. The molecule has 1 fully saturated rings. The summed E-state index contributed by atoms with van der Waals surface area (Å²) >= 11 is 12.0. The van der Waals surface area contributed by atoms with Gasteiger partial charge in [0.1, 0.15) is 6.04 Å². The van der Waals surface area contributed by atoms with Crippen molar-refractivity contribution in [3.8, 4) is 0 Å². The summed E-state index contributed by atoms with van der Waals surface area (Å²) < 4.78 is 0. The Morgan fingerprint density at radius 1 is 1.10 bits per heavy atom. The van der Waals surface area contributed by atoms with Gasteiger partial charge in [0.2, 0.25) is 11.8 Å². The van der Waals surface area contributed by atoms with Gasteiger partial charge in [-0.1, -0.05) is 29.3 Å². The molecule has 0 spiro atoms. The molecule has 0 aromatic heterocycles. The van der Waals surface area contributed by atoms with E-state index in [9.17, 15) is 14.4 Å². The van der Waals surface area contributed by atoms with Crippen molar-refractivity contribution in [3.05, 3.63) is 57.6 Å². The number of hydrogen-bond acceptors (Lipinski definition) is 3. The maximum atomic E-state index is 12.8. The lowest BCUT2D eigenvalue weighted by molar-refractivity contribution is -0.130. The molecule has 158 valence electrons. The first-order valence-electron chi connectivity index (χ1n) is 9.41. The Labute approximate surface area is 184 Å². The quantitative estimate of drug-likeness (QED) is 0.660. The highest BCUT2D eigenvalue weighted by Gasteiger charge is 2.35. The summed E-state index contributed by atoms with van der Waals surface area (Å²) in [6.45, 7) is 4.48. The van der Waals surface area contributed by atoms with Crippen LogP contribution in [0.2, 0.25) is 10.0 Å². The summed E-state index contributed by atoms with van der Waals surface area (Å²) in [4.78, 5) is 39.2. The molecule has 1 aliphatic heterocycles. The first-order valence-corrected chi connectivity index (χ1v) is 10.2. The zero-order valence-corrected chi connectivity index (χ0v) is 18.1. The lowest BCUT2D eigenvalue weighted by atomic mass is 10.1. The van der Waals surface area contributed by atoms with Gasteiger partial charge >= 0.3 is 6.03 Å². The van der Waals surface area contributed by atoms with Gasteiger partial charge in [-0.05, 0) is 55.3 Å². The zero-order valence-electron chi connectivity index (χ0n) is 16.6. The number of piperazine rings is 1. The van der Waals surface area contributed by atoms with E-state index in [1.165, 1.54) is 11.0 Å². The van der Waals surface area contributed by atoms with Crippen molar-refractivity contribution in [2.75, 3.05) is 23.7 Å². The van der Waals surface area contributed by atoms with Crippen LogP contribution in [0.4, 0.5) is 16.2 Å². The maximum Gasteiger partial charge on any atom is 0.322 e. The number of halogens is 2. The van der Waals surface area contributed by atoms with Crippen LogP contribution in [0, 0.1) is 13.8 Å². The fraction of sp³-hybridized carbons (Fsp3) is 0.286. The summed E-state index contributed by atoms with van der Waals surface area (Å²) in [7, 11) is 0. The molecular weight excluding hydrogens is 427 g/mol. The fourth-order valence-corrected chi connectivity index (χ4v) is 3.71. The predicted octanol–water partition coefficient (Wildman–Crippen LogP) is 3.97. The van der Waals surface area contributed by atoms with Gasteiger partial charge in [0.05, 0.1) is 17.1 Å². The molecule has 7 nitrogen and oxygen atoms in total. The number of benzene rings is 2. The van der Waals surface area contributed by atoms with Gasteiger partial charge in [-0.2, -0.15) is 0 Å². The molecule has 3 rings (SSSR count). The Hall–Kier alpha value is -2.77. The molecule has 2 aromatic carbocycles. The molecule has 1 aliphatic rings. The second-order valence-corrected chi connectivity index (χ2v) is 8.03. The highest BCUT2D eigenvalue weighted by Crippen LogP contribution is 2.26. The zero-order chi connectivity index (χ0) is 21.8. The number of anilines is 2. The Morgan fingerprint density at radius 2 is 1.80 bits per heavy atom. The molecule has 30 heavy (non-hydrogen) atoms. The normalized spacial score (nSPS) is 16.1. The average molecular weight is 449 g/mol. The largest absolute Gasteiger partial charge is 0.353 e. The van der Waals surface area contributed by atoms with Crippen LogP contribution in [0.3, 0.4) is 0 Å². The Bertz CT molecular complexity index is 976. The number of urea groups is 1. The Kier molecular flexibility index (Phi) is 6.84. The Balaban J connectivity index is 1.72. The van der Waals surface area contributed by atoms with E-state index in [0.717, 1.165) is 11.1 Å². The number of aryl methyl sites for hydroxylation is 2. The standard InChI is InChI=1S/C21H22Cl2N4O3/c1-12-7-13(2)9-15(8-12)25-21(30)27-6-5-24-20(29)18(27)11-19(28)26-17-10-14(22)3-4-16(17)23/h3-4,7-10,18H,5-6,11H2,1-2H3,(H,24,29)(H,25,30)(H,26,28)/t18-/m0/s1. The fourth-order valence-electron chi connectivity index (χ4n) is 3.37. The van der Waals surface area contributed by atoms with E-state index in [4.69, 9.17) is 23.2 Å². The number of nitrogens with one attached hydrogen (secondary N) is 3. The van der Waals surface area contributed by atoms with Crippen LogP contribution in [0.5, 0.6) is 0 Å². The number of hydrogen-bond donors (Lipinski definition) is 3. The van der Waals surface area contributed by atoms with Crippen LogP contribution in [-0.2, 0) is 9.59 Å². The van der Waals surface area contributed by atoms with Gasteiger partial charge < -0.3 is 20.9 Å². The number of carbonyl (C=O) groups excluding carboxylic acids is 3. The number of nitrogens with zero attached hydrogens (tertiary/aromatic N) is 1. The lowest BCUT2D eigenvalue weighted by Gasteiger charge is -2.34. The van der Waals surface area contributed by atoms with E-state index in [1.54, 1.807) is 12.1 Å². The summed E-state index contributed by atoms with van der Waals surface area (Å²) in [5.74, 6) is -0.838. The second-order valence-electron chi connectivity index (χ2n) is 7.18. The molecule has 9 heteroatoms. The number of amides is 4. The van der Waals surface area contributed by atoms with Crippen LogP contribution in [0.15, 0.2) is 36.4 Å². The predicted molar refractivity (Wildman–Crippen MR) is 118 cm³/mol. The van der Waals surface area contributed by atoms with Gasteiger partial charge in [-0.3, -0.25) is 9.59 Å². The maximum absolute atomic E-state index is 12.8. The van der Waals surface area contributed by atoms with Crippen LogP contribution < -0.4 is 16.0 Å². The average Bonchev–Trinajstić information content (AvgIpc) is 2.65. The third-order valence-electron chi connectivity index (χ3n) is 4.65. The lowest BCUT2D eigenvalue weighted by Crippen LogP contribution is -2.59. The third-order valence-corrected chi connectivity index (χ3v) is 5.21. The van der Waals surface area contributed by atoms with E-state index in [0.29, 0.717) is 28.0 Å².